The van der Waals surface area contributed by atoms with Gasteiger partial charge in [-0.2, -0.15) is 0 Å². The molecule has 0 spiro atoms. The highest BCUT2D eigenvalue weighted by Crippen LogP contribution is 2.21. The van der Waals surface area contributed by atoms with E-state index in [1.54, 1.807) is 0 Å². The molecule has 2 aromatic rings. The summed E-state index contributed by atoms with van der Waals surface area (Å²) in [5.74, 6) is 1.14. The van der Waals surface area contributed by atoms with Gasteiger partial charge in [-0.25, -0.2) is 4.98 Å². The van der Waals surface area contributed by atoms with Gasteiger partial charge >= 0.3 is 0 Å². The summed E-state index contributed by atoms with van der Waals surface area (Å²) in [4.78, 5) is 4.48. The molecule has 1 heterocycles. The van der Waals surface area contributed by atoms with Crippen molar-refractivity contribution in [3.8, 4) is 0 Å². The predicted molar refractivity (Wildman–Crippen MR) is 82.2 cm³/mol. The van der Waals surface area contributed by atoms with Crippen molar-refractivity contribution in [3.05, 3.63) is 52.5 Å². The van der Waals surface area contributed by atoms with E-state index in [0.717, 1.165) is 29.7 Å². The molecule has 0 aliphatic heterocycles. The topological polar surface area (TPSA) is 29.9 Å². The molecule has 0 aliphatic rings. The molecule has 0 saturated carbocycles. The van der Waals surface area contributed by atoms with Crippen molar-refractivity contribution in [1.82, 2.24) is 14.9 Å². The van der Waals surface area contributed by atoms with Gasteiger partial charge in [0, 0.05) is 35.9 Å². The van der Waals surface area contributed by atoms with E-state index in [-0.39, 0.29) is 6.04 Å². The molecule has 0 bridgehead atoms. The Labute approximate surface area is 123 Å². The number of nitrogens with one attached hydrogen (secondary N) is 1. The van der Waals surface area contributed by atoms with E-state index in [0.29, 0.717) is 0 Å². The van der Waals surface area contributed by atoms with Crippen LogP contribution in [0, 0.1) is 0 Å². The van der Waals surface area contributed by atoms with E-state index in [4.69, 9.17) is 0 Å². The van der Waals surface area contributed by atoms with Crippen molar-refractivity contribution in [2.24, 2.45) is 0 Å². The lowest BCUT2D eigenvalue weighted by atomic mass is 10.0. The fourth-order valence-corrected chi connectivity index (χ4v) is 2.68. The Morgan fingerprint density at radius 1 is 1.42 bits per heavy atom. The van der Waals surface area contributed by atoms with Gasteiger partial charge in [0.05, 0.1) is 0 Å². The molecular formula is C15H20BrN3. The van der Waals surface area contributed by atoms with E-state index in [2.05, 4.69) is 62.1 Å². The van der Waals surface area contributed by atoms with Crippen LogP contribution in [0.1, 0.15) is 30.8 Å². The van der Waals surface area contributed by atoms with Crippen LogP contribution < -0.4 is 5.32 Å². The maximum atomic E-state index is 4.48. The number of hydrogen-bond donors (Lipinski definition) is 1. The summed E-state index contributed by atoms with van der Waals surface area (Å²) in [6.07, 6.45) is 5.98. The maximum absolute atomic E-state index is 4.48. The first-order chi connectivity index (χ1) is 9.24. The number of likely N-dealkylation sites (N-methyl/N-ethyl adjacent to an activating group) is 1. The Kier molecular flexibility index (Phi) is 5.16. The molecule has 102 valence electrons. The summed E-state index contributed by atoms with van der Waals surface area (Å²) in [5.41, 5.74) is 1.28. The van der Waals surface area contributed by atoms with E-state index in [1.807, 2.05) is 19.3 Å². The molecule has 0 aliphatic carbocycles. The van der Waals surface area contributed by atoms with Gasteiger partial charge in [0.1, 0.15) is 5.82 Å². The molecule has 1 atom stereocenters. The second-order valence-corrected chi connectivity index (χ2v) is 5.55. The van der Waals surface area contributed by atoms with Crippen LogP contribution in [-0.2, 0) is 13.0 Å². The standard InChI is InChI=1S/C15H20BrN3/c1-3-8-19-9-7-18-15(19)11-14(17-2)12-5-4-6-13(16)10-12/h4-7,9-10,14,17H,3,8,11H2,1-2H3. The largest absolute Gasteiger partial charge is 0.335 e. The summed E-state index contributed by atoms with van der Waals surface area (Å²) in [6, 6.07) is 8.72. The summed E-state index contributed by atoms with van der Waals surface area (Å²) >= 11 is 3.53. The number of aryl methyl sites for hydroxylation is 1. The van der Waals surface area contributed by atoms with Crippen LogP contribution in [-0.4, -0.2) is 16.6 Å². The lowest BCUT2D eigenvalue weighted by Crippen LogP contribution is -2.20. The summed E-state index contributed by atoms with van der Waals surface area (Å²) in [7, 11) is 2.00. The number of halogens is 1. The zero-order valence-electron chi connectivity index (χ0n) is 11.4. The SMILES string of the molecule is CCCn1ccnc1CC(NC)c1cccc(Br)c1. The Bertz CT molecular complexity index is 522. The number of aromatic nitrogens is 2. The fourth-order valence-electron chi connectivity index (χ4n) is 2.27. The Hall–Kier alpha value is -1.13. The van der Waals surface area contributed by atoms with Crippen LogP contribution in [0.15, 0.2) is 41.1 Å². The third-order valence-electron chi connectivity index (χ3n) is 3.25. The van der Waals surface area contributed by atoms with Crippen LogP contribution in [0.4, 0.5) is 0 Å². The zero-order valence-corrected chi connectivity index (χ0v) is 13.0. The molecule has 3 nitrogen and oxygen atoms in total. The van der Waals surface area contributed by atoms with Gasteiger partial charge in [-0.3, -0.25) is 0 Å². The minimum atomic E-state index is 0.288. The molecule has 1 aromatic heterocycles. The fraction of sp³-hybridized carbons (Fsp3) is 0.400. The van der Waals surface area contributed by atoms with Crippen molar-refractivity contribution in [1.29, 1.82) is 0 Å². The van der Waals surface area contributed by atoms with Gasteiger partial charge in [0.2, 0.25) is 0 Å². The molecular weight excluding hydrogens is 302 g/mol. The highest BCUT2D eigenvalue weighted by Gasteiger charge is 2.13. The second kappa shape index (κ2) is 6.87. The third-order valence-corrected chi connectivity index (χ3v) is 3.75. The summed E-state index contributed by atoms with van der Waals surface area (Å²) in [5, 5.41) is 3.38. The first kappa shape index (κ1) is 14.3. The highest BCUT2D eigenvalue weighted by molar-refractivity contribution is 9.10. The molecule has 0 fully saturated rings. The predicted octanol–water partition coefficient (Wildman–Crippen LogP) is 3.56. The van der Waals surface area contributed by atoms with E-state index in [1.165, 1.54) is 5.56 Å². The average Bonchev–Trinajstić information content (AvgIpc) is 2.84. The Balaban J connectivity index is 2.17. The van der Waals surface area contributed by atoms with Gasteiger partial charge in [0.15, 0.2) is 0 Å². The maximum Gasteiger partial charge on any atom is 0.110 e. The molecule has 0 saturated heterocycles. The summed E-state index contributed by atoms with van der Waals surface area (Å²) < 4.78 is 3.35. The molecule has 2 rings (SSSR count). The van der Waals surface area contributed by atoms with Crippen LogP contribution >= 0.6 is 15.9 Å². The van der Waals surface area contributed by atoms with Gasteiger partial charge in [-0.15, -0.1) is 0 Å². The number of imidazole rings is 1. The lowest BCUT2D eigenvalue weighted by molar-refractivity contribution is 0.543. The van der Waals surface area contributed by atoms with Gasteiger partial charge in [-0.05, 0) is 31.2 Å². The molecule has 1 unspecified atom stereocenters. The average molecular weight is 322 g/mol. The van der Waals surface area contributed by atoms with Crippen molar-refractivity contribution < 1.29 is 0 Å². The van der Waals surface area contributed by atoms with Crippen molar-refractivity contribution in [3.63, 3.8) is 0 Å². The van der Waals surface area contributed by atoms with Crippen LogP contribution in [0.3, 0.4) is 0 Å². The lowest BCUT2D eigenvalue weighted by Gasteiger charge is -2.17. The number of hydrogen-bond acceptors (Lipinski definition) is 2. The number of rotatable bonds is 6. The molecule has 1 aromatic carbocycles. The second-order valence-electron chi connectivity index (χ2n) is 4.64. The Morgan fingerprint density at radius 3 is 2.95 bits per heavy atom. The molecule has 4 heteroatoms. The van der Waals surface area contributed by atoms with E-state index in [9.17, 15) is 0 Å². The monoisotopic (exact) mass is 321 g/mol. The zero-order chi connectivity index (χ0) is 13.7. The van der Waals surface area contributed by atoms with E-state index >= 15 is 0 Å². The van der Waals surface area contributed by atoms with Gasteiger partial charge < -0.3 is 9.88 Å². The normalized spacial score (nSPS) is 12.6. The molecule has 19 heavy (non-hydrogen) atoms. The highest BCUT2D eigenvalue weighted by atomic mass is 79.9. The number of nitrogens with zero attached hydrogens (tertiary/aromatic N) is 2. The molecule has 0 amide bonds. The minimum absolute atomic E-state index is 0.288. The van der Waals surface area contributed by atoms with Gasteiger partial charge in [0.25, 0.3) is 0 Å². The first-order valence-corrected chi connectivity index (χ1v) is 7.46. The molecule has 0 radical (unpaired) electrons. The third kappa shape index (κ3) is 3.67. The smallest absolute Gasteiger partial charge is 0.110 e. The quantitative estimate of drug-likeness (QED) is 0.881. The minimum Gasteiger partial charge on any atom is -0.335 e. The number of benzene rings is 1. The summed E-state index contributed by atoms with van der Waals surface area (Å²) in [6.45, 7) is 3.22. The van der Waals surface area contributed by atoms with Crippen molar-refractivity contribution in [2.45, 2.75) is 32.4 Å². The van der Waals surface area contributed by atoms with Crippen molar-refractivity contribution in [2.75, 3.05) is 7.05 Å². The Morgan fingerprint density at radius 2 is 2.26 bits per heavy atom. The van der Waals surface area contributed by atoms with Crippen LogP contribution in [0.25, 0.3) is 0 Å². The van der Waals surface area contributed by atoms with Crippen LogP contribution in [0.2, 0.25) is 0 Å². The van der Waals surface area contributed by atoms with Crippen molar-refractivity contribution >= 4 is 15.9 Å². The van der Waals surface area contributed by atoms with Gasteiger partial charge in [-0.1, -0.05) is 35.0 Å². The molecule has 1 N–H and O–H groups in total. The van der Waals surface area contributed by atoms with E-state index < -0.39 is 0 Å². The van der Waals surface area contributed by atoms with Crippen LogP contribution in [0.5, 0.6) is 0 Å². The first-order valence-electron chi connectivity index (χ1n) is 6.67.